The molecule has 74 valence electrons. The Labute approximate surface area is 79.0 Å². The summed E-state index contributed by atoms with van der Waals surface area (Å²) in [6, 6.07) is 0. The van der Waals surface area contributed by atoms with Gasteiger partial charge < -0.3 is 10.0 Å². The third-order valence-corrected chi connectivity index (χ3v) is 2.30. The van der Waals surface area contributed by atoms with Gasteiger partial charge in [-0.2, -0.15) is 0 Å². The normalized spacial score (nSPS) is 23.8. The minimum Gasteiger partial charge on any atom is -0.391 e. The van der Waals surface area contributed by atoms with Crippen molar-refractivity contribution in [2.75, 3.05) is 13.1 Å². The monoisotopic (exact) mass is 183 g/mol. The summed E-state index contributed by atoms with van der Waals surface area (Å²) in [5, 5.41) is 9.25. The van der Waals surface area contributed by atoms with Gasteiger partial charge in [0, 0.05) is 18.7 Å². The highest BCUT2D eigenvalue weighted by Gasteiger charge is 2.24. The van der Waals surface area contributed by atoms with Gasteiger partial charge in [0.2, 0.25) is 5.91 Å². The Morgan fingerprint density at radius 3 is 2.85 bits per heavy atom. The van der Waals surface area contributed by atoms with Crippen LogP contribution in [0.1, 0.15) is 26.7 Å². The zero-order valence-corrected chi connectivity index (χ0v) is 8.29. The van der Waals surface area contributed by atoms with Crippen LogP contribution in [0, 0.1) is 0 Å². The molecule has 1 N–H and O–H groups in total. The molecule has 0 aromatic carbocycles. The fourth-order valence-corrected chi connectivity index (χ4v) is 1.57. The Morgan fingerprint density at radius 2 is 2.38 bits per heavy atom. The minimum absolute atomic E-state index is 0.0680. The maximum absolute atomic E-state index is 11.6. The van der Waals surface area contributed by atoms with E-state index >= 15 is 0 Å². The zero-order valence-electron chi connectivity index (χ0n) is 8.29. The molecule has 1 unspecified atom stereocenters. The predicted molar refractivity (Wildman–Crippen MR) is 51.3 cm³/mol. The van der Waals surface area contributed by atoms with Crippen molar-refractivity contribution in [3.63, 3.8) is 0 Å². The molecular weight excluding hydrogens is 166 g/mol. The molecule has 1 aliphatic heterocycles. The first-order valence-corrected chi connectivity index (χ1v) is 4.79. The first-order valence-electron chi connectivity index (χ1n) is 4.79. The topological polar surface area (TPSA) is 40.5 Å². The number of aliphatic hydroxyl groups excluding tert-OH is 1. The molecule has 1 rings (SSSR count). The second-order valence-corrected chi connectivity index (χ2v) is 3.49. The maximum Gasteiger partial charge on any atom is 0.249 e. The number of rotatable bonds is 2. The van der Waals surface area contributed by atoms with Crippen LogP contribution < -0.4 is 0 Å². The van der Waals surface area contributed by atoms with Gasteiger partial charge in [-0.15, -0.1) is 0 Å². The van der Waals surface area contributed by atoms with E-state index < -0.39 is 0 Å². The smallest absolute Gasteiger partial charge is 0.249 e. The highest BCUT2D eigenvalue weighted by Crippen LogP contribution is 2.12. The van der Waals surface area contributed by atoms with Gasteiger partial charge in [0.15, 0.2) is 0 Å². The molecule has 1 aliphatic rings. The number of hydrogen-bond acceptors (Lipinski definition) is 2. The van der Waals surface area contributed by atoms with Crippen molar-refractivity contribution >= 4 is 5.91 Å². The first-order chi connectivity index (χ1) is 6.15. The molecule has 1 amide bonds. The van der Waals surface area contributed by atoms with E-state index in [1.54, 1.807) is 4.90 Å². The molecule has 0 aliphatic carbocycles. The van der Waals surface area contributed by atoms with Crippen LogP contribution in [0.25, 0.3) is 0 Å². The highest BCUT2D eigenvalue weighted by molar-refractivity contribution is 5.92. The van der Waals surface area contributed by atoms with Crippen molar-refractivity contribution in [3.05, 3.63) is 11.6 Å². The van der Waals surface area contributed by atoms with Crippen molar-refractivity contribution in [1.29, 1.82) is 0 Å². The number of hydrogen-bond donors (Lipinski definition) is 1. The lowest BCUT2D eigenvalue weighted by atomic mass is 10.2. The largest absolute Gasteiger partial charge is 0.391 e. The third kappa shape index (κ3) is 2.56. The summed E-state index contributed by atoms with van der Waals surface area (Å²) in [5.74, 6) is 0.0680. The molecule has 1 fully saturated rings. The number of aliphatic hydroxyl groups is 1. The van der Waals surface area contributed by atoms with Crippen LogP contribution in [-0.2, 0) is 4.79 Å². The SMILES string of the molecule is CCC=C(C)C(=O)N1CCC(O)C1. The van der Waals surface area contributed by atoms with Gasteiger partial charge >= 0.3 is 0 Å². The van der Waals surface area contributed by atoms with E-state index in [1.807, 2.05) is 19.9 Å². The number of amides is 1. The lowest BCUT2D eigenvalue weighted by molar-refractivity contribution is -0.126. The van der Waals surface area contributed by atoms with Crippen LogP contribution in [0.5, 0.6) is 0 Å². The summed E-state index contributed by atoms with van der Waals surface area (Å²) < 4.78 is 0. The Morgan fingerprint density at radius 1 is 1.69 bits per heavy atom. The quantitative estimate of drug-likeness (QED) is 0.647. The molecule has 0 aromatic heterocycles. The van der Waals surface area contributed by atoms with Crippen LogP contribution in [-0.4, -0.2) is 35.1 Å². The predicted octanol–water partition coefficient (Wildman–Crippen LogP) is 0.936. The van der Waals surface area contributed by atoms with E-state index in [0.717, 1.165) is 12.0 Å². The summed E-state index contributed by atoms with van der Waals surface area (Å²) in [7, 11) is 0. The molecule has 13 heavy (non-hydrogen) atoms. The number of carbonyl (C=O) groups excluding carboxylic acids is 1. The van der Waals surface area contributed by atoms with Gasteiger partial charge in [0.05, 0.1) is 6.10 Å². The van der Waals surface area contributed by atoms with E-state index in [9.17, 15) is 9.90 Å². The van der Waals surface area contributed by atoms with Crippen molar-refractivity contribution < 1.29 is 9.90 Å². The fraction of sp³-hybridized carbons (Fsp3) is 0.700. The number of β-amino-alcohol motifs (C(OH)–C–C–N with tert-alkyl or cyclic N) is 1. The Balaban J connectivity index is 2.53. The summed E-state index contributed by atoms with van der Waals surface area (Å²) in [6.45, 7) is 5.02. The highest BCUT2D eigenvalue weighted by atomic mass is 16.3. The van der Waals surface area contributed by atoms with Gasteiger partial charge in [0.25, 0.3) is 0 Å². The lowest BCUT2D eigenvalue weighted by Gasteiger charge is -2.15. The molecular formula is C10H17NO2. The number of nitrogens with zero attached hydrogens (tertiary/aromatic N) is 1. The average molecular weight is 183 g/mol. The van der Waals surface area contributed by atoms with Gasteiger partial charge in [-0.1, -0.05) is 13.0 Å². The lowest BCUT2D eigenvalue weighted by Crippen LogP contribution is -2.30. The average Bonchev–Trinajstić information content (AvgIpc) is 2.51. The zero-order chi connectivity index (χ0) is 9.84. The molecule has 0 aromatic rings. The molecule has 3 nitrogen and oxygen atoms in total. The van der Waals surface area contributed by atoms with E-state index in [-0.39, 0.29) is 12.0 Å². The molecule has 3 heteroatoms. The minimum atomic E-state index is -0.321. The maximum atomic E-state index is 11.6. The second-order valence-electron chi connectivity index (χ2n) is 3.49. The Hall–Kier alpha value is -0.830. The van der Waals surface area contributed by atoms with Gasteiger partial charge in [-0.05, 0) is 19.8 Å². The van der Waals surface area contributed by atoms with E-state index in [4.69, 9.17) is 0 Å². The third-order valence-electron chi connectivity index (χ3n) is 2.30. The van der Waals surface area contributed by atoms with Gasteiger partial charge in [0.1, 0.15) is 0 Å². The van der Waals surface area contributed by atoms with Crippen molar-refractivity contribution in [2.45, 2.75) is 32.8 Å². The fourth-order valence-electron chi connectivity index (χ4n) is 1.57. The molecule has 1 atom stereocenters. The molecule has 0 spiro atoms. The van der Waals surface area contributed by atoms with Gasteiger partial charge in [-0.3, -0.25) is 4.79 Å². The van der Waals surface area contributed by atoms with Crippen LogP contribution in [0.15, 0.2) is 11.6 Å². The molecule has 1 heterocycles. The van der Waals surface area contributed by atoms with Crippen molar-refractivity contribution in [1.82, 2.24) is 4.90 Å². The molecule has 1 saturated heterocycles. The number of carbonyl (C=O) groups is 1. The molecule has 0 radical (unpaired) electrons. The van der Waals surface area contributed by atoms with E-state index in [1.165, 1.54) is 0 Å². The van der Waals surface area contributed by atoms with Crippen LogP contribution >= 0.6 is 0 Å². The Bertz CT molecular complexity index is 223. The van der Waals surface area contributed by atoms with Crippen molar-refractivity contribution in [2.24, 2.45) is 0 Å². The van der Waals surface area contributed by atoms with Crippen LogP contribution in [0.3, 0.4) is 0 Å². The summed E-state index contributed by atoms with van der Waals surface area (Å²) >= 11 is 0. The summed E-state index contributed by atoms with van der Waals surface area (Å²) in [5.41, 5.74) is 0.789. The summed E-state index contributed by atoms with van der Waals surface area (Å²) in [4.78, 5) is 13.3. The van der Waals surface area contributed by atoms with E-state index in [0.29, 0.717) is 19.5 Å². The standard InChI is InChI=1S/C10H17NO2/c1-3-4-8(2)10(13)11-6-5-9(12)7-11/h4,9,12H,3,5-7H2,1-2H3. The Kier molecular flexibility index (Phi) is 3.48. The molecule has 0 bridgehead atoms. The van der Waals surface area contributed by atoms with Crippen LogP contribution in [0.4, 0.5) is 0 Å². The number of allylic oxidation sites excluding steroid dienone is 1. The van der Waals surface area contributed by atoms with E-state index in [2.05, 4.69) is 0 Å². The van der Waals surface area contributed by atoms with Crippen molar-refractivity contribution in [3.8, 4) is 0 Å². The second kappa shape index (κ2) is 4.42. The molecule has 0 saturated carbocycles. The first kappa shape index (κ1) is 10.3. The van der Waals surface area contributed by atoms with Gasteiger partial charge in [-0.25, -0.2) is 0 Å². The number of likely N-dealkylation sites (tertiary alicyclic amines) is 1. The summed E-state index contributed by atoms with van der Waals surface area (Å²) in [6.07, 6.45) is 3.20. The van der Waals surface area contributed by atoms with Crippen LogP contribution in [0.2, 0.25) is 0 Å².